The molecule has 2 aliphatic rings. The second-order valence-electron chi connectivity index (χ2n) is 6.53. The predicted molar refractivity (Wildman–Crippen MR) is 79.7 cm³/mol. The van der Waals surface area contributed by atoms with E-state index in [2.05, 4.69) is 11.2 Å². The first kappa shape index (κ1) is 15.0. The van der Waals surface area contributed by atoms with Gasteiger partial charge in [0, 0.05) is 31.4 Å². The molecule has 2 aliphatic heterocycles. The Bertz CT molecular complexity index is 330. The number of amides is 1. The minimum absolute atomic E-state index is 0.147. The molecule has 0 N–H and O–H groups in total. The maximum Gasteiger partial charge on any atom is 0.410 e. The molecule has 2 fully saturated rings. The van der Waals surface area contributed by atoms with E-state index in [-0.39, 0.29) is 6.09 Å². The van der Waals surface area contributed by atoms with Gasteiger partial charge >= 0.3 is 6.09 Å². The summed E-state index contributed by atoms with van der Waals surface area (Å²) in [7, 11) is 0. The summed E-state index contributed by atoms with van der Waals surface area (Å²) in [6.45, 7) is 9.82. The molecule has 0 aromatic rings. The van der Waals surface area contributed by atoms with Crippen LogP contribution in [0.4, 0.5) is 4.79 Å². The van der Waals surface area contributed by atoms with Crippen molar-refractivity contribution in [2.24, 2.45) is 5.92 Å². The lowest BCUT2D eigenvalue weighted by atomic mass is 10.1. The standard InChI is InChI=1S/C14H26N2O2S/c1-14(2,3)18-13(17)16-9-11-5-6-15(7-8-19-4)12(11)10-16/h11-12H,5-10H2,1-4H3. The van der Waals surface area contributed by atoms with Gasteiger partial charge in [0.25, 0.3) is 0 Å². The number of likely N-dealkylation sites (tertiary alicyclic amines) is 2. The van der Waals surface area contributed by atoms with Crippen molar-refractivity contribution in [1.82, 2.24) is 9.80 Å². The lowest BCUT2D eigenvalue weighted by Crippen LogP contribution is -2.40. The van der Waals surface area contributed by atoms with Gasteiger partial charge in [-0.2, -0.15) is 11.8 Å². The van der Waals surface area contributed by atoms with Gasteiger partial charge in [-0.05, 0) is 45.9 Å². The van der Waals surface area contributed by atoms with Crippen molar-refractivity contribution in [2.75, 3.05) is 38.2 Å². The second-order valence-corrected chi connectivity index (χ2v) is 7.52. The number of ether oxygens (including phenoxy) is 1. The molecule has 2 unspecified atom stereocenters. The number of carbonyl (C=O) groups is 1. The second kappa shape index (κ2) is 5.92. The molecule has 0 aliphatic carbocycles. The average Bonchev–Trinajstić information content (AvgIpc) is 2.84. The molecular weight excluding hydrogens is 260 g/mol. The van der Waals surface area contributed by atoms with Crippen molar-refractivity contribution in [3.05, 3.63) is 0 Å². The molecule has 0 spiro atoms. The Labute approximate surface area is 120 Å². The van der Waals surface area contributed by atoms with E-state index in [4.69, 9.17) is 4.74 Å². The summed E-state index contributed by atoms with van der Waals surface area (Å²) in [5.74, 6) is 1.82. The van der Waals surface area contributed by atoms with Crippen molar-refractivity contribution in [3.63, 3.8) is 0 Å². The fourth-order valence-corrected chi connectivity index (χ4v) is 3.43. The Balaban J connectivity index is 1.87. The van der Waals surface area contributed by atoms with E-state index in [0.717, 1.165) is 19.6 Å². The monoisotopic (exact) mass is 286 g/mol. The molecule has 2 rings (SSSR count). The number of hydrogen-bond donors (Lipinski definition) is 0. The number of hydrogen-bond acceptors (Lipinski definition) is 4. The van der Waals surface area contributed by atoms with Gasteiger partial charge in [0.05, 0.1) is 0 Å². The highest BCUT2D eigenvalue weighted by Gasteiger charge is 2.43. The molecule has 2 atom stereocenters. The van der Waals surface area contributed by atoms with Crippen LogP contribution in [0, 0.1) is 5.92 Å². The molecule has 0 aromatic carbocycles. The van der Waals surface area contributed by atoms with Gasteiger partial charge in [0.2, 0.25) is 0 Å². The fourth-order valence-electron chi connectivity index (χ4n) is 3.01. The molecule has 0 radical (unpaired) electrons. The van der Waals surface area contributed by atoms with E-state index in [1.807, 2.05) is 37.4 Å². The molecule has 0 saturated carbocycles. The molecule has 19 heavy (non-hydrogen) atoms. The van der Waals surface area contributed by atoms with Crippen LogP contribution in [-0.4, -0.2) is 65.7 Å². The van der Waals surface area contributed by atoms with Gasteiger partial charge in [0.15, 0.2) is 0 Å². The summed E-state index contributed by atoms with van der Waals surface area (Å²) in [6, 6.07) is 0.555. The highest BCUT2D eigenvalue weighted by molar-refractivity contribution is 7.98. The zero-order valence-electron chi connectivity index (χ0n) is 12.5. The maximum absolute atomic E-state index is 12.1. The molecule has 110 valence electrons. The Kier molecular flexibility index (Phi) is 4.66. The maximum atomic E-state index is 12.1. The van der Waals surface area contributed by atoms with E-state index in [9.17, 15) is 4.79 Å². The van der Waals surface area contributed by atoms with Crippen LogP contribution in [0.2, 0.25) is 0 Å². The van der Waals surface area contributed by atoms with Gasteiger partial charge in [-0.1, -0.05) is 0 Å². The normalized spacial score (nSPS) is 27.7. The van der Waals surface area contributed by atoms with E-state index in [0.29, 0.717) is 12.0 Å². The van der Waals surface area contributed by atoms with Crippen molar-refractivity contribution in [3.8, 4) is 0 Å². The summed E-state index contributed by atoms with van der Waals surface area (Å²) < 4.78 is 5.47. The minimum atomic E-state index is -0.396. The Morgan fingerprint density at radius 3 is 2.74 bits per heavy atom. The molecule has 2 saturated heterocycles. The summed E-state index contributed by atoms with van der Waals surface area (Å²) in [6.07, 6.45) is 3.22. The molecular formula is C14H26N2O2S. The molecule has 4 nitrogen and oxygen atoms in total. The van der Waals surface area contributed by atoms with E-state index in [1.54, 1.807) is 0 Å². The third-order valence-electron chi connectivity index (χ3n) is 3.90. The van der Waals surface area contributed by atoms with Gasteiger partial charge in [-0.25, -0.2) is 4.79 Å². The lowest BCUT2D eigenvalue weighted by molar-refractivity contribution is 0.0273. The topological polar surface area (TPSA) is 32.8 Å². The van der Waals surface area contributed by atoms with Crippen LogP contribution < -0.4 is 0 Å². The highest BCUT2D eigenvalue weighted by atomic mass is 32.2. The van der Waals surface area contributed by atoms with Gasteiger partial charge < -0.3 is 9.64 Å². The largest absolute Gasteiger partial charge is 0.444 e. The van der Waals surface area contributed by atoms with Crippen LogP contribution >= 0.6 is 11.8 Å². The average molecular weight is 286 g/mol. The van der Waals surface area contributed by atoms with Crippen LogP contribution in [-0.2, 0) is 4.74 Å². The van der Waals surface area contributed by atoms with Gasteiger partial charge in [-0.3, -0.25) is 4.90 Å². The molecule has 5 heteroatoms. The molecule has 0 aromatic heterocycles. The van der Waals surface area contributed by atoms with Crippen LogP contribution in [0.5, 0.6) is 0 Å². The van der Waals surface area contributed by atoms with Crippen LogP contribution in [0.1, 0.15) is 27.2 Å². The SMILES string of the molecule is CSCCN1CCC2CN(C(=O)OC(C)(C)C)CC21. The number of carbonyl (C=O) groups excluding carboxylic acids is 1. The van der Waals surface area contributed by atoms with E-state index >= 15 is 0 Å². The van der Waals surface area contributed by atoms with Crippen LogP contribution in [0.3, 0.4) is 0 Å². The Morgan fingerprint density at radius 1 is 1.37 bits per heavy atom. The van der Waals surface area contributed by atoms with Crippen molar-refractivity contribution in [1.29, 1.82) is 0 Å². The zero-order chi connectivity index (χ0) is 14.0. The smallest absolute Gasteiger partial charge is 0.410 e. The summed E-state index contributed by atoms with van der Waals surface area (Å²) in [5, 5.41) is 0. The highest BCUT2D eigenvalue weighted by Crippen LogP contribution is 2.32. The summed E-state index contributed by atoms with van der Waals surface area (Å²) in [4.78, 5) is 16.5. The molecule has 2 heterocycles. The third kappa shape index (κ3) is 3.78. The third-order valence-corrected chi connectivity index (χ3v) is 4.49. The zero-order valence-corrected chi connectivity index (χ0v) is 13.3. The van der Waals surface area contributed by atoms with Crippen molar-refractivity contribution in [2.45, 2.75) is 38.8 Å². The summed E-state index contributed by atoms with van der Waals surface area (Å²) in [5.41, 5.74) is -0.396. The number of rotatable bonds is 3. The Hall–Kier alpha value is -0.420. The minimum Gasteiger partial charge on any atom is -0.444 e. The summed E-state index contributed by atoms with van der Waals surface area (Å²) >= 11 is 1.89. The number of thioether (sulfide) groups is 1. The van der Waals surface area contributed by atoms with Crippen molar-refractivity contribution < 1.29 is 9.53 Å². The van der Waals surface area contributed by atoms with Gasteiger partial charge in [-0.15, -0.1) is 0 Å². The van der Waals surface area contributed by atoms with E-state index < -0.39 is 5.60 Å². The van der Waals surface area contributed by atoms with E-state index in [1.165, 1.54) is 18.7 Å². The lowest BCUT2D eigenvalue weighted by Gasteiger charge is -2.26. The van der Waals surface area contributed by atoms with Crippen LogP contribution in [0.15, 0.2) is 0 Å². The number of nitrogens with zero attached hydrogens (tertiary/aromatic N) is 2. The Morgan fingerprint density at radius 2 is 2.11 bits per heavy atom. The first-order valence-corrected chi connectivity index (χ1v) is 8.51. The van der Waals surface area contributed by atoms with Gasteiger partial charge in [0.1, 0.15) is 5.60 Å². The van der Waals surface area contributed by atoms with Crippen LogP contribution in [0.25, 0.3) is 0 Å². The number of fused-ring (bicyclic) bond motifs is 1. The first-order chi connectivity index (χ1) is 8.90. The first-order valence-electron chi connectivity index (χ1n) is 7.11. The molecule has 0 bridgehead atoms. The fraction of sp³-hybridized carbons (Fsp3) is 0.929. The quantitative estimate of drug-likeness (QED) is 0.797. The predicted octanol–water partition coefficient (Wildman–Crippen LogP) is 2.29. The van der Waals surface area contributed by atoms with Crippen molar-refractivity contribution >= 4 is 17.9 Å². The molecule has 1 amide bonds.